The minimum Gasteiger partial charge on any atom is -0.388 e. The molecule has 0 radical (unpaired) electrons. The van der Waals surface area contributed by atoms with Crippen LogP contribution in [0.15, 0.2) is 24.3 Å². The zero-order valence-electron chi connectivity index (χ0n) is 10.6. The van der Waals surface area contributed by atoms with Gasteiger partial charge >= 0.3 is 0 Å². The van der Waals surface area contributed by atoms with Gasteiger partial charge in [-0.05, 0) is 19.4 Å². The van der Waals surface area contributed by atoms with Gasteiger partial charge in [-0.2, -0.15) is 0 Å². The standard InChI is InChI=1S/C14H21NO2/c1-3-14(16)12-6-4-5-7-13(12)15-8-9-17-11(2)10-15/h4-7,11,14,16H,3,8-10H2,1-2H3/t11?,14-/m0/s1. The fourth-order valence-electron chi connectivity index (χ4n) is 2.31. The molecular weight excluding hydrogens is 214 g/mol. The number of para-hydroxylation sites is 1. The summed E-state index contributed by atoms with van der Waals surface area (Å²) in [6, 6.07) is 8.12. The van der Waals surface area contributed by atoms with E-state index in [2.05, 4.69) is 17.9 Å². The topological polar surface area (TPSA) is 32.7 Å². The molecule has 0 amide bonds. The smallest absolute Gasteiger partial charge is 0.0807 e. The van der Waals surface area contributed by atoms with Gasteiger partial charge in [-0.25, -0.2) is 0 Å². The van der Waals surface area contributed by atoms with E-state index in [0.717, 1.165) is 37.4 Å². The number of aliphatic hydroxyl groups excluding tert-OH is 1. The van der Waals surface area contributed by atoms with E-state index in [1.807, 2.05) is 25.1 Å². The molecule has 0 spiro atoms. The van der Waals surface area contributed by atoms with Gasteiger partial charge < -0.3 is 14.7 Å². The van der Waals surface area contributed by atoms with Crippen LogP contribution in [-0.4, -0.2) is 30.9 Å². The Kier molecular flexibility index (Phi) is 4.02. The maximum absolute atomic E-state index is 10.0. The summed E-state index contributed by atoms with van der Waals surface area (Å²) in [5, 5.41) is 10.0. The molecule has 1 aromatic rings. The van der Waals surface area contributed by atoms with Gasteiger partial charge in [0.05, 0.1) is 18.8 Å². The van der Waals surface area contributed by atoms with E-state index in [0.29, 0.717) is 0 Å². The number of rotatable bonds is 3. The number of hydrogen-bond donors (Lipinski definition) is 1. The van der Waals surface area contributed by atoms with Crippen molar-refractivity contribution in [2.24, 2.45) is 0 Å². The van der Waals surface area contributed by atoms with E-state index < -0.39 is 0 Å². The van der Waals surface area contributed by atoms with Crippen molar-refractivity contribution in [3.63, 3.8) is 0 Å². The monoisotopic (exact) mass is 235 g/mol. The van der Waals surface area contributed by atoms with Crippen LogP contribution in [0.5, 0.6) is 0 Å². The van der Waals surface area contributed by atoms with Crippen LogP contribution in [0.1, 0.15) is 31.9 Å². The maximum atomic E-state index is 10.0. The van der Waals surface area contributed by atoms with Crippen molar-refractivity contribution in [2.75, 3.05) is 24.6 Å². The van der Waals surface area contributed by atoms with Gasteiger partial charge in [0.15, 0.2) is 0 Å². The second kappa shape index (κ2) is 5.52. The number of nitrogens with zero attached hydrogens (tertiary/aromatic N) is 1. The Balaban J connectivity index is 2.24. The molecule has 1 aromatic carbocycles. The Hall–Kier alpha value is -1.06. The highest BCUT2D eigenvalue weighted by atomic mass is 16.5. The van der Waals surface area contributed by atoms with Crippen LogP contribution < -0.4 is 4.90 Å². The normalized spacial score (nSPS) is 22.5. The molecule has 94 valence electrons. The molecule has 1 aliphatic rings. The lowest BCUT2D eigenvalue weighted by molar-refractivity contribution is 0.0529. The molecule has 3 nitrogen and oxygen atoms in total. The Labute approximate surface area is 103 Å². The summed E-state index contributed by atoms with van der Waals surface area (Å²) in [5.41, 5.74) is 2.18. The molecule has 0 bridgehead atoms. The third-order valence-corrected chi connectivity index (χ3v) is 3.26. The largest absolute Gasteiger partial charge is 0.388 e. The van der Waals surface area contributed by atoms with Crippen molar-refractivity contribution in [3.05, 3.63) is 29.8 Å². The van der Waals surface area contributed by atoms with Crippen LogP contribution in [0.25, 0.3) is 0 Å². The van der Waals surface area contributed by atoms with E-state index in [-0.39, 0.29) is 12.2 Å². The summed E-state index contributed by atoms with van der Waals surface area (Å²) in [7, 11) is 0. The predicted molar refractivity (Wildman–Crippen MR) is 69.3 cm³/mol. The molecule has 2 rings (SSSR count). The van der Waals surface area contributed by atoms with Crippen LogP contribution in [0.4, 0.5) is 5.69 Å². The summed E-state index contributed by atoms with van der Waals surface area (Å²) < 4.78 is 5.55. The van der Waals surface area contributed by atoms with Crippen molar-refractivity contribution in [2.45, 2.75) is 32.5 Å². The lowest BCUT2D eigenvalue weighted by atomic mass is 10.0. The Morgan fingerprint density at radius 1 is 1.47 bits per heavy atom. The molecule has 0 saturated carbocycles. The summed E-state index contributed by atoms with van der Waals surface area (Å²) in [4.78, 5) is 2.31. The molecule has 17 heavy (non-hydrogen) atoms. The Bertz CT molecular complexity index is 367. The van der Waals surface area contributed by atoms with Crippen LogP contribution in [0.3, 0.4) is 0 Å². The van der Waals surface area contributed by atoms with Gasteiger partial charge in [-0.3, -0.25) is 0 Å². The van der Waals surface area contributed by atoms with Crippen molar-refractivity contribution in [1.82, 2.24) is 0 Å². The lowest BCUT2D eigenvalue weighted by Crippen LogP contribution is -2.41. The number of morpholine rings is 1. The van der Waals surface area contributed by atoms with Crippen LogP contribution in [0.2, 0.25) is 0 Å². The summed E-state index contributed by atoms with van der Waals surface area (Å²) in [6.45, 7) is 6.65. The van der Waals surface area contributed by atoms with Crippen molar-refractivity contribution in [1.29, 1.82) is 0 Å². The molecule has 0 aliphatic carbocycles. The zero-order chi connectivity index (χ0) is 12.3. The fourth-order valence-corrected chi connectivity index (χ4v) is 2.31. The molecule has 1 N–H and O–H groups in total. The number of ether oxygens (including phenoxy) is 1. The molecule has 1 fully saturated rings. The van der Waals surface area contributed by atoms with Crippen molar-refractivity contribution in [3.8, 4) is 0 Å². The summed E-state index contributed by atoms with van der Waals surface area (Å²) in [5.74, 6) is 0. The predicted octanol–water partition coefficient (Wildman–Crippen LogP) is 2.36. The third kappa shape index (κ3) is 2.79. The molecule has 3 heteroatoms. The minimum absolute atomic E-state index is 0.260. The van der Waals surface area contributed by atoms with E-state index in [1.54, 1.807) is 0 Å². The highest BCUT2D eigenvalue weighted by Crippen LogP contribution is 2.29. The SMILES string of the molecule is CC[C@H](O)c1ccccc1N1CCOC(C)C1. The molecule has 1 aliphatic heterocycles. The van der Waals surface area contributed by atoms with Crippen LogP contribution >= 0.6 is 0 Å². The van der Waals surface area contributed by atoms with Crippen molar-refractivity contribution >= 4 is 5.69 Å². The van der Waals surface area contributed by atoms with Crippen molar-refractivity contribution < 1.29 is 9.84 Å². The van der Waals surface area contributed by atoms with E-state index in [1.165, 1.54) is 0 Å². The zero-order valence-corrected chi connectivity index (χ0v) is 10.6. The van der Waals surface area contributed by atoms with Gasteiger partial charge in [-0.15, -0.1) is 0 Å². The highest BCUT2D eigenvalue weighted by molar-refractivity contribution is 5.55. The average molecular weight is 235 g/mol. The molecule has 0 aromatic heterocycles. The fraction of sp³-hybridized carbons (Fsp3) is 0.571. The highest BCUT2D eigenvalue weighted by Gasteiger charge is 2.20. The molecule has 1 unspecified atom stereocenters. The molecule has 2 atom stereocenters. The van der Waals surface area contributed by atoms with Crippen LogP contribution in [0, 0.1) is 0 Å². The quantitative estimate of drug-likeness (QED) is 0.873. The first kappa shape index (κ1) is 12.4. The number of hydrogen-bond acceptors (Lipinski definition) is 3. The maximum Gasteiger partial charge on any atom is 0.0807 e. The first-order chi connectivity index (χ1) is 8.22. The van der Waals surface area contributed by atoms with Gasteiger partial charge in [0.1, 0.15) is 0 Å². The summed E-state index contributed by atoms with van der Waals surface area (Å²) in [6.07, 6.45) is 0.636. The minimum atomic E-state index is -0.371. The Morgan fingerprint density at radius 3 is 2.94 bits per heavy atom. The number of benzene rings is 1. The lowest BCUT2D eigenvalue weighted by Gasteiger charge is -2.34. The van der Waals surface area contributed by atoms with Gasteiger partial charge in [0.2, 0.25) is 0 Å². The third-order valence-electron chi connectivity index (χ3n) is 3.26. The average Bonchev–Trinajstić information content (AvgIpc) is 2.38. The summed E-state index contributed by atoms with van der Waals surface area (Å²) >= 11 is 0. The van der Waals surface area contributed by atoms with Gasteiger partial charge in [0, 0.05) is 24.3 Å². The van der Waals surface area contributed by atoms with Crippen LogP contribution in [-0.2, 0) is 4.74 Å². The van der Waals surface area contributed by atoms with E-state index >= 15 is 0 Å². The van der Waals surface area contributed by atoms with Gasteiger partial charge in [0.25, 0.3) is 0 Å². The molecule has 1 saturated heterocycles. The number of aliphatic hydroxyl groups is 1. The van der Waals surface area contributed by atoms with Gasteiger partial charge in [-0.1, -0.05) is 25.1 Å². The first-order valence-electron chi connectivity index (χ1n) is 6.36. The van der Waals surface area contributed by atoms with E-state index in [9.17, 15) is 5.11 Å². The Morgan fingerprint density at radius 2 is 2.24 bits per heavy atom. The second-order valence-electron chi connectivity index (χ2n) is 4.61. The second-order valence-corrected chi connectivity index (χ2v) is 4.61. The number of anilines is 1. The first-order valence-corrected chi connectivity index (χ1v) is 6.36. The van der Waals surface area contributed by atoms with E-state index in [4.69, 9.17) is 4.74 Å². The molecule has 1 heterocycles. The molecular formula is C14H21NO2.